The van der Waals surface area contributed by atoms with Crippen molar-refractivity contribution in [1.82, 2.24) is 0 Å². The topological polar surface area (TPSA) is 21.6 Å². The van der Waals surface area contributed by atoms with E-state index >= 15 is 0 Å². The van der Waals surface area contributed by atoms with E-state index in [9.17, 15) is 0 Å². The highest BCUT2D eigenvalue weighted by molar-refractivity contribution is 7.13. The minimum Gasteiger partial charge on any atom is -0.494 e. The summed E-state index contributed by atoms with van der Waals surface area (Å²) in [6.45, 7) is 4.77. The van der Waals surface area contributed by atoms with Gasteiger partial charge in [0.15, 0.2) is 0 Å². The lowest BCUT2D eigenvalue weighted by atomic mass is 10.3. The van der Waals surface area contributed by atoms with Gasteiger partial charge in [-0.2, -0.15) is 0 Å². The van der Waals surface area contributed by atoms with Gasteiger partial charge in [-0.3, -0.25) is 4.99 Å². The minimum absolute atomic E-state index is 0.692. The Morgan fingerprint density at radius 2 is 1.94 bits per heavy atom. The van der Waals surface area contributed by atoms with Crippen molar-refractivity contribution in [3.8, 4) is 5.75 Å². The Kier molecular flexibility index (Phi) is 3.94. The third-order valence-electron chi connectivity index (χ3n) is 2.25. The summed E-state index contributed by atoms with van der Waals surface area (Å²) in [5, 5.41) is 0. The van der Waals surface area contributed by atoms with Crippen LogP contribution in [0.25, 0.3) is 0 Å². The average Bonchev–Trinajstić information content (AvgIpc) is 2.75. The number of nitrogens with zero attached hydrogens (tertiary/aromatic N) is 1. The molecule has 0 aliphatic rings. The molecule has 2 aromatic rings. The van der Waals surface area contributed by atoms with E-state index < -0.39 is 0 Å². The van der Waals surface area contributed by atoms with E-state index in [0.717, 1.165) is 11.4 Å². The second-order valence-corrected chi connectivity index (χ2v) is 4.95. The molecule has 0 bridgehead atoms. The number of thiophene rings is 1. The van der Waals surface area contributed by atoms with E-state index in [4.69, 9.17) is 4.74 Å². The van der Waals surface area contributed by atoms with Gasteiger partial charge in [-0.1, -0.05) is 0 Å². The summed E-state index contributed by atoms with van der Waals surface area (Å²) in [6, 6.07) is 12.0. The number of aryl methyl sites for hydroxylation is 1. The number of aliphatic imine (C=N–C) groups is 1. The molecule has 2 rings (SSSR count). The van der Waals surface area contributed by atoms with Gasteiger partial charge in [0.05, 0.1) is 12.3 Å². The molecule has 0 N–H and O–H groups in total. The molecule has 0 unspecified atom stereocenters. The van der Waals surface area contributed by atoms with Crippen LogP contribution in [-0.4, -0.2) is 12.8 Å². The first-order valence-electron chi connectivity index (χ1n) is 5.61. The maximum absolute atomic E-state index is 5.38. The zero-order chi connectivity index (χ0) is 12.1. The molecule has 1 aromatic heterocycles. The van der Waals surface area contributed by atoms with Crippen LogP contribution in [0.15, 0.2) is 41.4 Å². The first kappa shape index (κ1) is 11.9. The highest BCUT2D eigenvalue weighted by Crippen LogP contribution is 2.19. The van der Waals surface area contributed by atoms with Gasteiger partial charge in [0.1, 0.15) is 5.75 Å². The van der Waals surface area contributed by atoms with E-state index in [1.165, 1.54) is 9.75 Å². The first-order valence-corrected chi connectivity index (χ1v) is 6.43. The third-order valence-corrected chi connectivity index (χ3v) is 3.18. The van der Waals surface area contributed by atoms with Crippen molar-refractivity contribution in [2.75, 3.05) is 6.61 Å². The van der Waals surface area contributed by atoms with Gasteiger partial charge in [0.25, 0.3) is 0 Å². The van der Waals surface area contributed by atoms with E-state index in [1.54, 1.807) is 11.3 Å². The Labute approximate surface area is 106 Å². The van der Waals surface area contributed by atoms with Crippen molar-refractivity contribution >= 4 is 23.2 Å². The highest BCUT2D eigenvalue weighted by atomic mass is 32.1. The van der Waals surface area contributed by atoms with Gasteiger partial charge in [-0.15, -0.1) is 11.3 Å². The van der Waals surface area contributed by atoms with Crippen LogP contribution in [0.2, 0.25) is 0 Å². The Morgan fingerprint density at radius 3 is 2.53 bits per heavy atom. The van der Waals surface area contributed by atoms with Gasteiger partial charge in [0, 0.05) is 16.0 Å². The molecular weight excluding hydrogens is 230 g/mol. The SMILES string of the molecule is CCOc1ccc(N=Cc2ccc(C)s2)cc1. The van der Waals surface area contributed by atoms with Crippen molar-refractivity contribution in [2.45, 2.75) is 13.8 Å². The molecule has 2 nitrogen and oxygen atoms in total. The van der Waals surface area contributed by atoms with Gasteiger partial charge in [0.2, 0.25) is 0 Å². The molecule has 0 aliphatic heterocycles. The molecular formula is C14H15NOS. The van der Waals surface area contributed by atoms with Crippen LogP contribution in [0.4, 0.5) is 5.69 Å². The Morgan fingerprint density at radius 1 is 1.18 bits per heavy atom. The smallest absolute Gasteiger partial charge is 0.119 e. The second kappa shape index (κ2) is 5.64. The van der Waals surface area contributed by atoms with Crippen LogP contribution >= 0.6 is 11.3 Å². The van der Waals surface area contributed by atoms with Gasteiger partial charge >= 0.3 is 0 Å². The Balaban J connectivity index is 2.05. The highest BCUT2D eigenvalue weighted by Gasteiger charge is 1.94. The quantitative estimate of drug-likeness (QED) is 0.739. The van der Waals surface area contributed by atoms with Crippen LogP contribution < -0.4 is 4.74 Å². The van der Waals surface area contributed by atoms with Gasteiger partial charge in [-0.25, -0.2) is 0 Å². The Hall–Kier alpha value is -1.61. The van der Waals surface area contributed by atoms with Crippen LogP contribution in [0.1, 0.15) is 16.7 Å². The fourth-order valence-corrected chi connectivity index (χ4v) is 2.21. The summed E-state index contributed by atoms with van der Waals surface area (Å²) in [7, 11) is 0. The molecule has 17 heavy (non-hydrogen) atoms. The second-order valence-electron chi connectivity index (χ2n) is 3.63. The maximum Gasteiger partial charge on any atom is 0.119 e. The summed E-state index contributed by atoms with van der Waals surface area (Å²) in [5.74, 6) is 0.887. The molecule has 88 valence electrons. The summed E-state index contributed by atoms with van der Waals surface area (Å²) < 4.78 is 5.38. The maximum atomic E-state index is 5.38. The predicted octanol–water partition coefficient (Wildman–Crippen LogP) is 4.21. The molecule has 1 aromatic carbocycles. The molecule has 0 atom stereocenters. The largest absolute Gasteiger partial charge is 0.494 e. The lowest BCUT2D eigenvalue weighted by Gasteiger charge is -2.01. The molecule has 0 saturated heterocycles. The van der Waals surface area contributed by atoms with Crippen molar-refractivity contribution in [2.24, 2.45) is 4.99 Å². The lowest BCUT2D eigenvalue weighted by molar-refractivity contribution is 0.340. The molecule has 1 heterocycles. The predicted molar refractivity (Wildman–Crippen MR) is 73.9 cm³/mol. The third kappa shape index (κ3) is 3.43. The molecule has 0 aliphatic carbocycles. The van der Waals surface area contributed by atoms with Gasteiger partial charge < -0.3 is 4.74 Å². The number of rotatable bonds is 4. The monoisotopic (exact) mass is 245 g/mol. The number of hydrogen-bond donors (Lipinski definition) is 0. The number of benzene rings is 1. The van der Waals surface area contributed by atoms with E-state index in [1.807, 2.05) is 37.4 Å². The van der Waals surface area contributed by atoms with Crippen LogP contribution in [-0.2, 0) is 0 Å². The molecule has 0 saturated carbocycles. The average molecular weight is 245 g/mol. The molecule has 3 heteroatoms. The molecule has 0 radical (unpaired) electrons. The molecule has 0 amide bonds. The summed E-state index contributed by atoms with van der Waals surface area (Å²) in [4.78, 5) is 6.90. The Bertz CT molecular complexity index is 499. The van der Waals surface area contributed by atoms with Crippen LogP contribution in [0.5, 0.6) is 5.75 Å². The van der Waals surface area contributed by atoms with Crippen molar-refractivity contribution < 1.29 is 4.74 Å². The van der Waals surface area contributed by atoms with Crippen molar-refractivity contribution in [1.29, 1.82) is 0 Å². The van der Waals surface area contributed by atoms with Crippen LogP contribution in [0.3, 0.4) is 0 Å². The molecule has 0 spiro atoms. The van der Waals surface area contributed by atoms with E-state index in [2.05, 4.69) is 24.0 Å². The fourth-order valence-electron chi connectivity index (χ4n) is 1.46. The lowest BCUT2D eigenvalue weighted by Crippen LogP contribution is -1.89. The van der Waals surface area contributed by atoms with Crippen molar-refractivity contribution in [3.05, 3.63) is 46.2 Å². The summed E-state index contributed by atoms with van der Waals surface area (Å²) >= 11 is 1.74. The van der Waals surface area contributed by atoms with Gasteiger partial charge in [-0.05, 0) is 50.2 Å². The zero-order valence-electron chi connectivity index (χ0n) is 10.0. The normalized spacial score (nSPS) is 10.9. The summed E-state index contributed by atoms with van der Waals surface area (Å²) in [5.41, 5.74) is 0.944. The summed E-state index contributed by atoms with van der Waals surface area (Å²) in [6.07, 6.45) is 1.90. The minimum atomic E-state index is 0.692. The van der Waals surface area contributed by atoms with Crippen molar-refractivity contribution in [3.63, 3.8) is 0 Å². The first-order chi connectivity index (χ1) is 8.28. The number of ether oxygens (including phenoxy) is 1. The fraction of sp³-hybridized carbons (Fsp3) is 0.214. The molecule has 0 fully saturated rings. The van der Waals surface area contributed by atoms with Crippen LogP contribution in [0, 0.1) is 6.92 Å². The number of hydrogen-bond acceptors (Lipinski definition) is 3. The zero-order valence-corrected chi connectivity index (χ0v) is 10.8. The standard InChI is InChI=1S/C14H15NOS/c1-3-16-13-7-5-12(6-8-13)15-10-14-9-4-11(2)17-14/h4-10H,3H2,1-2H3. The van der Waals surface area contributed by atoms with E-state index in [-0.39, 0.29) is 0 Å². The van der Waals surface area contributed by atoms with E-state index in [0.29, 0.717) is 6.61 Å².